The van der Waals surface area contributed by atoms with Crippen molar-refractivity contribution in [3.05, 3.63) is 95.3 Å². The van der Waals surface area contributed by atoms with Gasteiger partial charge in [0.2, 0.25) is 0 Å². The number of nitrogens with zero attached hydrogens (tertiary/aromatic N) is 2. The second-order valence-electron chi connectivity index (χ2n) is 9.43. The standard InChI is InChI=1S/C27H26FN3O2S/c1-18-12-13-23-22(14-18)27(24(32)30(23)16-19-8-5-4-6-9-19)31(17-26(2,3)34-27)25(33)29-21-11-7-10-20(28)15-21/h4-15H,16-17H2,1-3H3,(H,29,33)/t27-/m1/s1. The molecule has 1 saturated heterocycles. The van der Waals surface area contributed by atoms with Crippen LogP contribution in [0.5, 0.6) is 0 Å². The van der Waals surface area contributed by atoms with Crippen molar-refractivity contribution in [2.24, 2.45) is 0 Å². The van der Waals surface area contributed by atoms with Gasteiger partial charge in [0.15, 0.2) is 4.87 Å². The lowest BCUT2D eigenvalue weighted by Gasteiger charge is -2.33. The molecular formula is C27H26FN3O2S. The highest BCUT2D eigenvalue weighted by molar-refractivity contribution is 8.02. The van der Waals surface area contributed by atoms with Crippen LogP contribution in [0.2, 0.25) is 0 Å². The monoisotopic (exact) mass is 475 g/mol. The first-order valence-corrected chi connectivity index (χ1v) is 12.0. The maximum absolute atomic E-state index is 14.2. The highest BCUT2D eigenvalue weighted by atomic mass is 32.2. The number of nitrogens with one attached hydrogen (secondary N) is 1. The zero-order chi connectivity index (χ0) is 24.1. The summed E-state index contributed by atoms with van der Waals surface area (Å²) >= 11 is 1.50. The van der Waals surface area contributed by atoms with Gasteiger partial charge in [-0.1, -0.05) is 54.1 Å². The van der Waals surface area contributed by atoms with Gasteiger partial charge in [0.25, 0.3) is 5.91 Å². The molecule has 0 aromatic heterocycles. The third kappa shape index (κ3) is 3.74. The first kappa shape index (κ1) is 22.5. The molecule has 2 aliphatic rings. The number of carbonyl (C=O) groups is 2. The minimum absolute atomic E-state index is 0.137. The lowest BCUT2D eigenvalue weighted by molar-refractivity contribution is -0.123. The van der Waals surface area contributed by atoms with Crippen molar-refractivity contribution in [1.29, 1.82) is 0 Å². The molecular weight excluding hydrogens is 449 g/mol. The summed E-state index contributed by atoms with van der Waals surface area (Å²) in [7, 11) is 0. The number of anilines is 2. The Balaban J connectivity index is 1.59. The van der Waals surface area contributed by atoms with Gasteiger partial charge in [-0.05, 0) is 50.6 Å². The van der Waals surface area contributed by atoms with Crippen LogP contribution < -0.4 is 10.2 Å². The van der Waals surface area contributed by atoms with Gasteiger partial charge >= 0.3 is 6.03 Å². The van der Waals surface area contributed by atoms with Crippen LogP contribution in [-0.2, 0) is 16.2 Å². The lowest BCUT2D eigenvalue weighted by Crippen LogP contribution is -2.51. The van der Waals surface area contributed by atoms with Crippen LogP contribution in [0.15, 0.2) is 72.8 Å². The number of thioether (sulfide) groups is 1. The Bertz CT molecular complexity index is 1280. The first-order chi connectivity index (χ1) is 16.2. The van der Waals surface area contributed by atoms with Crippen molar-refractivity contribution in [2.45, 2.75) is 36.9 Å². The molecule has 34 heavy (non-hydrogen) atoms. The number of urea groups is 1. The van der Waals surface area contributed by atoms with Gasteiger partial charge in [-0.15, -0.1) is 11.8 Å². The third-order valence-electron chi connectivity index (χ3n) is 6.19. The van der Waals surface area contributed by atoms with E-state index in [1.165, 1.54) is 23.9 Å². The molecule has 7 heteroatoms. The molecule has 2 aliphatic heterocycles. The van der Waals surface area contributed by atoms with E-state index in [9.17, 15) is 14.0 Å². The smallest absolute Gasteiger partial charge is 0.308 e. The number of aryl methyl sites for hydroxylation is 1. The highest BCUT2D eigenvalue weighted by Gasteiger charge is 2.63. The lowest BCUT2D eigenvalue weighted by atomic mass is 10.0. The molecule has 0 radical (unpaired) electrons. The number of carbonyl (C=O) groups excluding carboxylic acids is 2. The SMILES string of the molecule is Cc1ccc2c(c1)[C@@]1(SC(C)(C)CN1C(=O)Nc1cccc(F)c1)C(=O)N2Cc1ccccc1. The summed E-state index contributed by atoms with van der Waals surface area (Å²) in [6, 6.07) is 21.2. The largest absolute Gasteiger partial charge is 0.323 e. The fraction of sp³-hybridized carbons (Fsp3) is 0.259. The molecule has 2 heterocycles. The molecule has 0 saturated carbocycles. The second kappa shape index (κ2) is 8.17. The Labute approximate surface area is 202 Å². The van der Waals surface area contributed by atoms with E-state index in [1.54, 1.807) is 21.9 Å². The van der Waals surface area contributed by atoms with Crippen molar-refractivity contribution in [1.82, 2.24) is 4.90 Å². The number of hydrogen-bond donors (Lipinski definition) is 1. The molecule has 5 rings (SSSR count). The fourth-order valence-electron chi connectivity index (χ4n) is 4.80. The second-order valence-corrected chi connectivity index (χ2v) is 11.3. The predicted molar refractivity (Wildman–Crippen MR) is 134 cm³/mol. The minimum atomic E-state index is -1.20. The third-order valence-corrected chi connectivity index (χ3v) is 7.78. The van der Waals surface area contributed by atoms with Gasteiger partial charge in [-0.2, -0.15) is 0 Å². The van der Waals surface area contributed by atoms with E-state index < -0.39 is 16.7 Å². The molecule has 3 aromatic rings. The Kier molecular flexibility index (Phi) is 5.40. The summed E-state index contributed by atoms with van der Waals surface area (Å²) in [6.07, 6.45) is 0. The van der Waals surface area contributed by atoms with Gasteiger partial charge in [-0.3, -0.25) is 9.69 Å². The zero-order valence-electron chi connectivity index (χ0n) is 19.3. The van der Waals surface area contributed by atoms with E-state index in [-0.39, 0.29) is 10.7 Å². The van der Waals surface area contributed by atoms with Gasteiger partial charge in [0.1, 0.15) is 5.82 Å². The highest BCUT2D eigenvalue weighted by Crippen LogP contribution is 2.60. The van der Waals surface area contributed by atoms with Crippen molar-refractivity contribution in [2.75, 3.05) is 16.8 Å². The van der Waals surface area contributed by atoms with Crippen molar-refractivity contribution >= 4 is 35.1 Å². The van der Waals surface area contributed by atoms with Crippen LogP contribution in [-0.4, -0.2) is 28.1 Å². The Morgan fingerprint density at radius 2 is 1.82 bits per heavy atom. The van der Waals surface area contributed by atoms with Crippen LogP contribution in [0.3, 0.4) is 0 Å². The number of fused-ring (bicyclic) bond motifs is 2. The normalized spacial score (nSPS) is 20.6. The Morgan fingerprint density at radius 3 is 2.56 bits per heavy atom. The maximum atomic E-state index is 14.2. The molecule has 3 aromatic carbocycles. The molecule has 0 bridgehead atoms. The van der Waals surface area contributed by atoms with Crippen LogP contribution in [0.4, 0.5) is 20.6 Å². The van der Waals surface area contributed by atoms with Crippen molar-refractivity contribution in [3.8, 4) is 0 Å². The maximum Gasteiger partial charge on any atom is 0.323 e. The summed E-state index contributed by atoms with van der Waals surface area (Å²) in [5.74, 6) is -0.572. The predicted octanol–water partition coefficient (Wildman–Crippen LogP) is 5.89. The quantitative estimate of drug-likeness (QED) is 0.514. The summed E-state index contributed by atoms with van der Waals surface area (Å²) in [6.45, 7) is 6.85. The van der Waals surface area contributed by atoms with E-state index in [2.05, 4.69) is 5.32 Å². The fourth-order valence-corrected chi connectivity index (χ4v) is 6.52. The number of halogens is 1. The zero-order valence-corrected chi connectivity index (χ0v) is 20.2. The average molecular weight is 476 g/mol. The topological polar surface area (TPSA) is 52.7 Å². The average Bonchev–Trinajstić information content (AvgIpc) is 3.21. The van der Waals surface area contributed by atoms with Gasteiger partial charge in [0, 0.05) is 22.5 Å². The van der Waals surface area contributed by atoms with Crippen LogP contribution >= 0.6 is 11.8 Å². The minimum Gasteiger partial charge on any atom is -0.308 e. The van der Waals surface area contributed by atoms with Gasteiger partial charge < -0.3 is 10.2 Å². The van der Waals surface area contributed by atoms with Gasteiger partial charge in [0.05, 0.1) is 12.2 Å². The number of hydrogen-bond acceptors (Lipinski definition) is 3. The summed E-state index contributed by atoms with van der Waals surface area (Å²) in [5, 5.41) is 2.81. The van der Waals surface area contributed by atoms with Gasteiger partial charge in [-0.25, -0.2) is 9.18 Å². The molecule has 5 nitrogen and oxygen atoms in total. The van der Waals surface area contributed by atoms with E-state index >= 15 is 0 Å². The Morgan fingerprint density at radius 1 is 1.06 bits per heavy atom. The molecule has 3 amide bonds. The molecule has 1 fully saturated rings. The molecule has 174 valence electrons. The molecule has 1 spiro atoms. The van der Waals surface area contributed by atoms with Crippen molar-refractivity contribution < 1.29 is 14.0 Å². The summed E-state index contributed by atoms with van der Waals surface area (Å²) in [5.41, 5.74) is 4.01. The van der Waals surface area contributed by atoms with Crippen LogP contribution in [0.1, 0.15) is 30.5 Å². The van der Waals surface area contributed by atoms with E-state index in [0.29, 0.717) is 18.8 Å². The number of amides is 3. The van der Waals surface area contributed by atoms with Crippen LogP contribution in [0.25, 0.3) is 0 Å². The molecule has 0 unspecified atom stereocenters. The van der Waals surface area contributed by atoms with E-state index in [1.807, 2.05) is 69.3 Å². The van der Waals surface area contributed by atoms with E-state index in [0.717, 1.165) is 22.4 Å². The number of rotatable bonds is 3. The molecule has 1 N–H and O–H groups in total. The summed E-state index contributed by atoms with van der Waals surface area (Å²) < 4.78 is 13.4. The van der Waals surface area contributed by atoms with E-state index in [4.69, 9.17) is 0 Å². The van der Waals surface area contributed by atoms with Crippen LogP contribution in [0, 0.1) is 12.7 Å². The summed E-state index contributed by atoms with van der Waals surface area (Å²) in [4.78, 5) is 30.0. The number of benzene rings is 3. The first-order valence-electron chi connectivity index (χ1n) is 11.2. The Hall–Kier alpha value is -3.32. The van der Waals surface area contributed by atoms with Crippen molar-refractivity contribution in [3.63, 3.8) is 0 Å². The molecule has 0 aliphatic carbocycles. The molecule has 1 atom stereocenters.